The molecule has 1 atom stereocenters. The lowest BCUT2D eigenvalue weighted by Crippen LogP contribution is -2.12. The van der Waals surface area contributed by atoms with Gasteiger partial charge in [0.1, 0.15) is 17.5 Å². The molecule has 96 valence electrons. The first-order chi connectivity index (χ1) is 8.02. The third kappa shape index (κ3) is 4.56. The molecule has 1 heterocycles. The average molecular weight is 238 g/mol. The second kappa shape index (κ2) is 6.39. The summed E-state index contributed by atoms with van der Waals surface area (Å²) in [6, 6.07) is 1.87. The van der Waals surface area contributed by atoms with Crippen molar-refractivity contribution in [3.05, 3.63) is 11.9 Å². The molecule has 0 saturated heterocycles. The van der Waals surface area contributed by atoms with Crippen molar-refractivity contribution in [3.8, 4) is 0 Å². The molecule has 0 bridgehead atoms. The van der Waals surface area contributed by atoms with Crippen molar-refractivity contribution in [2.75, 3.05) is 24.2 Å². The minimum absolute atomic E-state index is 0.292. The topological polar surface area (TPSA) is 70.1 Å². The Morgan fingerprint density at radius 1 is 1.24 bits per heavy atom. The molecule has 1 rings (SSSR count). The Hall–Kier alpha value is -1.36. The molecule has 0 aromatic carbocycles. The summed E-state index contributed by atoms with van der Waals surface area (Å²) in [7, 11) is 1.84. The molecule has 5 heteroatoms. The van der Waals surface area contributed by atoms with Gasteiger partial charge in [0.15, 0.2) is 0 Å². The highest BCUT2D eigenvalue weighted by molar-refractivity contribution is 5.47. The Kier molecular flexibility index (Phi) is 5.15. The lowest BCUT2D eigenvalue weighted by Gasteiger charge is -2.12. The van der Waals surface area contributed by atoms with E-state index in [0.29, 0.717) is 18.9 Å². The third-order valence-corrected chi connectivity index (χ3v) is 2.38. The zero-order valence-corrected chi connectivity index (χ0v) is 11.0. The monoisotopic (exact) mass is 238 g/mol. The fourth-order valence-corrected chi connectivity index (χ4v) is 1.35. The van der Waals surface area contributed by atoms with E-state index >= 15 is 0 Å². The summed E-state index contributed by atoms with van der Waals surface area (Å²) < 4.78 is 0. The van der Waals surface area contributed by atoms with Gasteiger partial charge in [0.05, 0.1) is 6.10 Å². The first-order valence-corrected chi connectivity index (χ1v) is 6.01. The van der Waals surface area contributed by atoms with Crippen LogP contribution in [0.25, 0.3) is 0 Å². The van der Waals surface area contributed by atoms with Gasteiger partial charge in [-0.25, -0.2) is 9.97 Å². The van der Waals surface area contributed by atoms with Gasteiger partial charge in [-0.05, 0) is 13.3 Å². The van der Waals surface area contributed by atoms with E-state index in [0.717, 1.165) is 17.5 Å². The van der Waals surface area contributed by atoms with Crippen LogP contribution in [0.5, 0.6) is 0 Å². The molecule has 1 aromatic heterocycles. The molecule has 3 N–H and O–H groups in total. The largest absolute Gasteiger partial charge is 0.393 e. The number of aliphatic hydroxyl groups excluding tert-OH is 1. The molecule has 0 aliphatic carbocycles. The highest BCUT2D eigenvalue weighted by Gasteiger charge is 2.07. The Morgan fingerprint density at radius 3 is 2.41 bits per heavy atom. The van der Waals surface area contributed by atoms with E-state index in [-0.39, 0.29) is 6.10 Å². The van der Waals surface area contributed by atoms with E-state index in [9.17, 15) is 5.11 Å². The maximum absolute atomic E-state index is 9.19. The standard InChI is InChI=1S/C12H22N4O/c1-8(2)12-15-10(13-4)7-11(16-12)14-6-5-9(3)17/h7-9,17H,5-6H2,1-4H3,(H2,13,14,15,16). The molecule has 0 aliphatic rings. The summed E-state index contributed by atoms with van der Waals surface area (Å²) >= 11 is 0. The molecule has 1 aromatic rings. The van der Waals surface area contributed by atoms with Crippen LogP contribution in [0.4, 0.5) is 11.6 Å². The van der Waals surface area contributed by atoms with Crippen molar-refractivity contribution in [2.45, 2.75) is 39.2 Å². The molecule has 0 fully saturated rings. The van der Waals surface area contributed by atoms with Crippen molar-refractivity contribution >= 4 is 11.6 Å². The van der Waals surface area contributed by atoms with Crippen molar-refractivity contribution < 1.29 is 5.11 Å². The zero-order chi connectivity index (χ0) is 12.8. The summed E-state index contributed by atoms with van der Waals surface area (Å²) in [5.41, 5.74) is 0. The van der Waals surface area contributed by atoms with E-state index in [2.05, 4.69) is 34.4 Å². The number of aliphatic hydroxyl groups is 1. The first kappa shape index (κ1) is 13.7. The fourth-order valence-electron chi connectivity index (χ4n) is 1.35. The molecular formula is C12H22N4O. The number of hydrogen-bond donors (Lipinski definition) is 3. The van der Waals surface area contributed by atoms with Gasteiger partial charge in [0.2, 0.25) is 0 Å². The molecule has 5 nitrogen and oxygen atoms in total. The Morgan fingerprint density at radius 2 is 1.88 bits per heavy atom. The SMILES string of the molecule is CNc1cc(NCCC(C)O)nc(C(C)C)n1. The van der Waals surface area contributed by atoms with Crippen LogP contribution < -0.4 is 10.6 Å². The van der Waals surface area contributed by atoms with Gasteiger partial charge >= 0.3 is 0 Å². The number of anilines is 2. The molecule has 0 radical (unpaired) electrons. The maximum Gasteiger partial charge on any atom is 0.135 e. The minimum atomic E-state index is -0.294. The quantitative estimate of drug-likeness (QED) is 0.705. The van der Waals surface area contributed by atoms with Gasteiger partial charge in [0, 0.05) is 25.6 Å². The van der Waals surface area contributed by atoms with Crippen LogP contribution in [0.2, 0.25) is 0 Å². The molecule has 0 amide bonds. The summed E-state index contributed by atoms with van der Waals surface area (Å²) in [5, 5.41) is 15.4. The van der Waals surface area contributed by atoms with Gasteiger partial charge in [-0.3, -0.25) is 0 Å². The van der Waals surface area contributed by atoms with Gasteiger partial charge < -0.3 is 15.7 Å². The van der Waals surface area contributed by atoms with Crippen molar-refractivity contribution in [2.24, 2.45) is 0 Å². The van der Waals surface area contributed by atoms with Crippen molar-refractivity contribution in [1.82, 2.24) is 9.97 Å². The normalized spacial score (nSPS) is 12.6. The average Bonchev–Trinajstić information content (AvgIpc) is 2.28. The lowest BCUT2D eigenvalue weighted by molar-refractivity contribution is 0.188. The molecule has 0 saturated carbocycles. The summed E-state index contributed by atoms with van der Waals surface area (Å²) in [6.07, 6.45) is 0.410. The van der Waals surface area contributed by atoms with Crippen molar-refractivity contribution in [1.29, 1.82) is 0 Å². The zero-order valence-electron chi connectivity index (χ0n) is 11.0. The van der Waals surface area contributed by atoms with Crippen LogP contribution in [0.3, 0.4) is 0 Å². The van der Waals surface area contributed by atoms with Crippen LogP contribution in [0.1, 0.15) is 38.9 Å². The van der Waals surface area contributed by atoms with Gasteiger partial charge in [0.25, 0.3) is 0 Å². The predicted molar refractivity (Wildman–Crippen MR) is 70.5 cm³/mol. The second-order valence-corrected chi connectivity index (χ2v) is 4.47. The molecule has 0 aliphatic heterocycles. The number of hydrogen-bond acceptors (Lipinski definition) is 5. The highest BCUT2D eigenvalue weighted by Crippen LogP contribution is 2.16. The van der Waals surface area contributed by atoms with Crippen LogP contribution >= 0.6 is 0 Å². The van der Waals surface area contributed by atoms with E-state index in [1.165, 1.54) is 0 Å². The second-order valence-electron chi connectivity index (χ2n) is 4.47. The maximum atomic E-state index is 9.19. The summed E-state index contributed by atoms with van der Waals surface area (Å²) in [5.74, 6) is 2.72. The first-order valence-electron chi connectivity index (χ1n) is 6.01. The number of aromatic nitrogens is 2. The number of nitrogens with zero attached hydrogens (tertiary/aromatic N) is 2. The fraction of sp³-hybridized carbons (Fsp3) is 0.667. The van der Waals surface area contributed by atoms with Gasteiger partial charge in [-0.15, -0.1) is 0 Å². The Bertz CT molecular complexity index is 352. The predicted octanol–water partition coefficient (Wildman–Crippen LogP) is 1.82. The van der Waals surface area contributed by atoms with E-state index in [1.54, 1.807) is 6.92 Å². The van der Waals surface area contributed by atoms with E-state index < -0.39 is 0 Å². The van der Waals surface area contributed by atoms with Crippen LogP contribution in [-0.2, 0) is 0 Å². The molecule has 0 spiro atoms. The Balaban J connectivity index is 2.73. The van der Waals surface area contributed by atoms with Crippen LogP contribution in [0.15, 0.2) is 6.07 Å². The lowest BCUT2D eigenvalue weighted by atomic mass is 10.2. The van der Waals surface area contributed by atoms with Gasteiger partial charge in [-0.1, -0.05) is 13.8 Å². The minimum Gasteiger partial charge on any atom is -0.393 e. The van der Waals surface area contributed by atoms with Gasteiger partial charge in [-0.2, -0.15) is 0 Å². The van der Waals surface area contributed by atoms with Crippen LogP contribution in [0, 0.1) is 0 Å². The Labute approximate surface area is 103 Å². The van der Waals surface area contributed by atoms with Crippen molar-refractivity contribution in [3.63, 3.8) is 0 Å². The highest BCUT2D eigenvalue weighted by atomic mass is 16.3. The smallest absolute Gasteiger partial charge is 0.135 e. The van der Waals surface area contributed by atoms with E-state index in [4.69, 9.17) is 0 Å². The number of rotatable bonds is 6. The summed E-state index contributed by atoms with van der Waals surface area (Å²) in [6.45, 7) is 6.61. The molecule has 17 heavy (non-hydrogen) atoms. The molecule has 1 unspecified atom stereocenters. The van der Waals surface area contributed by atoms with E-state index in [1.807, 2.05) is 13.1 Å². The summed E-state index contributed by atoms with van der Waals surface area (Å²) in [4.78, 5) is 8.82. The third-order valence-electron chi connectivity index (χ3n) is 2.38. The van der Waals surface area contributed by atoms with Crippen LogP contribution in [-0.4, -0.2) is 34.8 Å². The number of nitrogens with one attached hydrogen (secondary N) is 2. The molecular weight excluding hydrogens is 216 g/mol.